The second-order valence-corrected chi connectivity index (χ2v) is 3.82. The Balaban J connectivity index is 2.38. The van der Waals surface area contributed by atoms with E-state index >= 15 is 0 Å². The van der Waals surface area contributed by atoms with Crippen molar-refractivity contribution in [3.63, 3.8) is 0 Å². The van der Waals surface area contributed by atoms with Gasteiger partial charge < -0.3 is 4.98 Å². The summed E-state index contributed by atoms with van der Waals surface area (Å²) >= 11 is 0. The second kappa shape index (κ2) is 4.03. The minimum absolute atomic E-state index is 0.110. The molecule has 88 valence electrons. The van der Waals surface area contributed by atoms with Crippen LogP contribution in [-0.4, -0.2) is 15.0 Å². The van der Waals surface area contributed by atoms with Crippen LogP contribution >= 0.6 is 0 Å². The van der Waals surface area contributed by atoms with Gasteiger partial charge in [0.25, 0.3) is 0 Å². The molecule has 0 bridgehead atoms. The van der Waals surface area contributed by atoms with E-state index in [0.29, 0.717) is 5.56 Å². The highest BCUT2D eigenvalue weighted by atomic mass is 19.1. The van der Waals surface area contributed by atoms with Gasteiger partial charge in [0, 0.05) is 23.3 Å². The lowest BCUT2D eigenvalue weighted by Crippen LogP contribution is -2.11. The summed E-state index contributed by atoms with van der Waals surface area (Å²) in [6, 6.07) is 7.45. The average Bonchev–Trinajstić information content (AvgIpc) is 2.41. The van der Waals surface area contributed by atoms with E-state index < -0.39 is 11.5 Å². The summed E-state index contributed by atoms with van der Waals surface area (Å²) in [5, 5.41) is 1.71. The fourth-order valence-corrected chi connectivity index (χ4v) is 1.89. The van der Waals surface area contributed by atoms with E-state index in [4.69, 9.17) is 0 Å². The molecular weight excluding hydrogens is 233 g/mol. The van der Waals surface area contributed by atoms with Gasteiger partial charge in [-0.1, -0.05) is 24.3 Å². The van der Waals surface area contributed by atoms with Gasteiger partial charge in [0.05, 0.1) is 11.9 Å². The van der Waals surface area contributed by atoms with E-state index in [1.807, 2.05) is 24.3 Å². The molecule has 0 aliphatic rings. The fraction of sp³-hybridized carbons (Fsp3) is 0. The highest BCUT2D eigenvalue weighted by molar-refractivity contribution is 5.94. The summed E-state index contributed by atoms with van der Waals surface area (Å²) in [6.45, 7) is 0. The first kappa shape index (κ1) is 10.6. The molecule has 0 radical (unpaired) electrons. The van der Waals surface area contributed by atoms with Gasteiger partial charge in [-0.05, 0) is 5.39 Å². The highest BCUT2D eigenvalue weighted by Gasteiger charge is 2.10. The molecule has 1 N–H and O–H groups in total. The molecule has 0 spiro atoms. The van der Waals surface area contributed by atoms with Gasteiger partial charge in [-0.25, -0.2) is 9.18 Å². The Morgan fingerprint density at radius 1 is 1.11 bits per heavy atom. The number of benzene rings is 1. The standard InChI is InChI=1S/C13H8FN3O/c14-11-7-16-13(18)17-12(11)10-6-15-5-8-3-1-2-4-9(8)10/h1-7H,(H,16,17,18). The third-order valence-corrected chi connectivity index (χ3v) is 2.70. The van der Waals surface area contributed by atoms with Crippen LogP contribution in [-0.2, 0) is 0 Å². The van der Waals surface area contributed by atoms with Gasteiger partial charge in [0.15, 0.2) is 5.82 Å². The lowest BCUT2D eigenvalue weighted by molar-refractivity contribution is 0.615. The Hall–Kier alpha value is -2.56. The zero-order chi connectivity index (χ0) is 12.5. The SMILES string of the molecule is O=c1ncc(F)c(-c2cncc3ccccc23)[nH]1. The maximum atomic E-state index is 13.7. The predicted molar refractivity (Wildman–Crippen MR) is 65.6 cm³/mol. The van der Waals surface area contributed by atoms with E-state index in [9.17, 15) is 9.18 Å². The quantitative estimate of drug-likeness (QED) is 0.710. The Bertz CT molecular complexity index is 777. The van der Waals surface area contributed by atoms with Gasteiger partial charge in [0.1, 0.15) is 0 Å². The van der Waals surface area contributed by atoms with Crippen molar-refractivity contribution in [3.8, 4) is 11.3 Å². The van der Waals surface area contributed by atoms with Crippen molar-refractivity contribution in [1.29, 1.82) is 0 Å². The molecule has 4 nitrogen and oxygen atoms in total. The first-order valence-corrected chi connectivity index (χ1v) is 5.33. The Morgan fingerprint density at radius 2 is 1.94 bits per heavy atom. The molecule has 18 heavy (non-hydrogen) atoms. The van der Waals surface area contributed by atoms with E-state index in [1.54, 1.807) is 6.20 Å². The summed E-state index contributed by atoms with van der Waals surface area (Å²) in [7, 11) is 0. The van der Waals surface area contributed by atoms with E-state index in [1.165, 1.54) is 6.20 Å². The first-order chi connectivity index (χ1) is 8.75. The molecule has 2 heterocycles. The minimum Gasteiger partial charge on any atom is -0.303 e. The summed E-state index contributed by atoms with van der Waals surface area (Å²) in [4.78, 5) is 21.0. The van der Waals surface area contributed by atoms with Gasteiger partial charge in [-0.2, -0.15) is 4.98 Å². The Morgan fingerprint density at radius 3 is 2.83 bits per heavy atom. The number of fused-ring (bicyclic) bond motifs is 1. The van der Waals surface area contributed by atoms with Crippen molar-refractivity contribution in [2.75, 3.05) is 0 Å². The van der Waals surface area contributed by atoms with Crippen LogP contribution in [0.15, 0.2) is 47.7 Å². The van der Waals surface area contributed by atoms with Gasteiger partial charge in [0.2, 0.25) is 0 Å². The lowest BCUT2D eigenvalue weighted by Gasteiger charge is -2.06. The zero-order valence-electron chi connectivity index (χ0n) is 9.22. The fourth-order valence-electron chi connectivity index (χ4n) is 1.89. The summed E-state index contributed by atoms with van der Waals surface area (Å²) in [5.74, 6) is -0.576. The highest BCUT2D eigenvalue weighted by Crippen LogP contribution is 2.26. The van der Waals surface area contributed by atoms with Crippen molar-refractivity contribution in [2.24, 2.45) is 0 Å². The number of hydrogen-bond acceptors (Lipinski definition) is 3. The number of H-pyrrole nitrogens is 1. The lowest BCUT2D eigenvalue weighted by atomic mass is 10.1. The number of halogens is 1. The largest absolute Gasteiger partial charge is 0.345 e. The average molecular weight is 241 g/mol. The monoisotopic (exact) mass is 241 g/mol. The Kier molecular flexibility index (Phi) is 2.37. The zero-order valence-corrected chi connectivity index (χ0v) is 9.22. The third-order valence-electron chi connectivity index (χ3n) is 2.70. The van der Waals surface area contributed by atoms with Crippen molar-refractivity contribution >= 4 is 10.8 Å². The second-order valence-electron chi connectivity index (χ2n) is 3.82. The minimum atomic E-state index is -0.584. The van der Waals surface area contributed by atoms with E-state index in [-0.39, 0.29) is 5.69 Å². The van der Waals surface area contributed by atoms with Crippen LogP contribution in [0.5, 0.6) is 0 Å². The van der Waals surface area contributed by atoms with Crippen LogP contribution in [0, 0.1) is 5.82 Å². The maximum absolute atomic E-state index is 13.7. The number of nitrogens with zero attached hydrogens (tertiary/aromatic N) is 2. The smallest absolute Gasteiger partial charge is 0.303 e. The summed E-state index contributed by atoms with van der Waals surface area (Å²) in [5.41, 5.74) is 0.0729. The van der Waals surface area contributed by atoms with Crippen LogP contribution in [0.3, 0.4) is 0 Å². The number of aromatic amines is 1. The predicted octanol–water partition coefficient (Wildman–Crippen LogP) is 2.12. The molecule has 0 saturated carbocycles. The topological polar surface area (TPSA) is 58.6 Å². The van der Waals surface area contributed by atoms with Crippen LogP contribution < -0.4 is 5.69 Å². The van der Waals surface area contributed by atoms with E-state index in [2.05, 4.69) is 15.0 Å². The molecule has 0 unspecified atom stereocenters. The molecule has 0 fully saturated rings. The van der Waals surface area contributed by atoms with Crippen molar-refractivity contribution in [3.05, 3.63) is 59.2 Å². The molecule has 0 amide bonds. The van der Waals surface area contributed by atoms with Crippen LogP contribution in [0.4, 0.5) is 4.39 Å². The summed E-state index contributed by atoms with van der Waals surface area (Å²) in [6.07, 6.45) is 4.13. The maximum Gasteiger partial charge on any atom is 0.345 e. The molecule has 3 rings (SSSR count). The molecular formula is C13H8FN3O. The molecule has 5 heteroatoms. The molecule has 0 aliphatic carbocycles. The van der Waals surface area contributed by atoms with Gasteiger partial charge in [-0.3, -0.25) is 4.98 Å². The third kappa shape index (κ3) is 1.66. The Labute approximate surface area is 101 Å². The molecule has 0 saturated heterocycles. The molecule has 1 aromatic carbocycles. The van der Waals surface area contributed by atoms with Crippen LogP contribution in [0.25, 0.3) is 22.0 Å². The molecule has 0 atom stereocenters. The van der Waals surface area contributed by atoms with Crippen molar-refractivity contribution < 1.29 is 4.39 Å². The number of hydrogen-bond donors (Lipinski definition) is 1. The number of aromatic nitrogens is 3. The number of rotatable bonds is 1. The van der Waals surface area contributed by atoms with Crippen molar-refractivity contribution in [1.82, 2.24) is 15.0 Å². The number of nitrogens with one attached hydrogen (secondary N) is 1. The molecule has 0 aliphatic heterocycles. The molecule has 2 aromatic heterocycles. The van der Waals surface area contributed by atoms with Crippen LogP contribution in [0.1, 0.15) is 0 Å². The molecule has 3 aromatic rings. The van der Waals surface area contributed by atoms with Gasteiger partial charge in [-0.15, -0.1) is 0 Å². The number of pyridine rings is 1. The first-order valence-electron chi connectivity index (χ1n) is 5.33. The normalized spacial score (nSPS) is 10.7. The van der Waals surface area contributed by atoms with Crippen LogP contribution in [0.2, 0.25) is 0 Å². The van der Waals surface area contributed by atoms with E-state index in [0.717, 1.165) is 17.0 Å². The summed E-state index contributed by atoms with van der Waals surface area (Å²) < 4.78 is 13.7. The van der Waals surface area contributed by atoms with Gasteiger partial charge >= 0.3 is 5.69 Å². The van der Waals surface area contributed by atoms with Crippen molar-refractivity contribution in [2.45, 2.75) is 0 Å².